The van der Waals surface area contributed by atoms with Crippen LogP contribution in [0, 0.1) is 0 Å². The maximum atomic E-state index is 6.43. The molecule has 0 amide bonds. The van der Waals surface area contributed by atoms with Crippen LogP contribution in [0.15, 0.2) is 65.8 Å². The summed E-state index contributed by atoms with van der Waals surface area (Å²) in [6.45, 7) is 0.499. The van der Waals surface area contributed by atoms with Gasteiger partial charge < -0.3 is 23.7 Å². The van der Waals surface area contributed by atoms with Crippen LogP contribution in [-0.4, -0.2) is 24.3 Å². The molecule has 4 aliphatic rings. The van der Waals surface area contributed by atoms with Gasteiger partial charge in [-0.15, -0.1) is 0 Å². The Hall–Kier alpha value is -3.87. The van der Waals surface area contributed by atoms with Crippen molar-refractivity contribution in [1.29, 1.82) is 0 Å². The minimum atomic E-state index is -0.360. The predicted molar refractivity (Wildman–Crippen MR) is 111 cm³/mol. The summed E-state index contributed by atoms with van der Waals surface area (Å²) in [5.41, 5.74) is 4.13. The van der Waals surface area contributed by atoms with Gasteiger partial charge in [0.15, 0.2) is 23.0 Å². The van der Waals surface area contributed by atoms with Crippen LogP contribution in [0.25, 0.3) is 0 Å². The van der Waals surface area contributed by atoms with Gasteiger partial charge in [0.2, 0.25) is 19.8 Å². The number of hydrogen-bond acceptors (Lipinski definition) is 7. The summed E-state index contributed by atoms with van der Waals surface area (Å²) >= 11 is 0. The van der Waals surface area contributed by atoms with Crippen molar-refractivity contribution < 1.29 is 23.7 Å². The second kappa shape index (κ2) is 6.31. The fraction of sp³-hybridized carbons (Fsp3) is 0.208. The summed E-state index contributed by atoms with van der Waals surface area (Å²) in [5, 5.41) is 7.07. The van der Waals surface area contributed by atoms with E-state index in [1.807, 2.05) is 54.6 Å². The average Bonchev–Trinajstić information content (AvgIpc) is 3.56. The lowest BCUT2D eigenvalue weighted by Gasteiger charge is -2.38. The molecule has 3 aromatic rings. The molecular weight excluding hydrogens is 396 g/mol. The lowest BCUT2D eigenvalue weighted by Crippen LogP contribution is -2.33. The van der Waals surface area contributed by atoms with Crippen LogP contribution in [0.5, 0.6) is 28.7 Å². The normalized spacial score (nSPS) is 21.9. The Balaban J connectivity index is 1.31. The predicted octanol–water partition coefficient (Wildman–Crippen LogP) is 4.39. The molecule has 0 saturated heterocycles. The topological polar surface area (TPSA) is 61.8 Å². The van der Waals surface area contributed by atoms with E-state index in [9.17, 15) is 0 Å². The van der Waals surface area contributed by atoms with Crippen LogP contribution >= 0.6 is 0 Å². The maximum absolute atomic E-state index is 6.43. The molecule has 0 aromatic heterocycles. The molecule has 7 heteroatoms. The van der Waals surface area contributed by atoms with Crippen LogP contribution in [0.2, 0.25) is 0 Å². The van der Waals surface area contributed by atoms with Crippen LogP contribution in [0.1, 0.15) is 35.4 Å². The molecule has 7 nitrogen and oxygen atoms in total. The van der Waals surface area contributed by atoms with E-state index in [0.717, 1.165) is 57.6 Å². The molecule has 31 heavy (non-hydrogen) atoms. The number of hydrogen-bond donors (Lipinski definition) is 0. The van der Waals surface area contributed by atoms with Crippen molar-refractivity contribution in [1.82, 2.24) is 5.01 Å². The second-order valence-electron chi connectivity index (χ2n) is 7.84. The van der Waals surface area contributed by atoms with E-state index in [1.165, 1.54) is 0 Å². The lowest BCUT2D eigenvalue weighted by molar-refractivity contribution is -0.0191. The molecular formula is C24H18N2O5. The summed E-state index contributed by atoms with van der Waals surface area (Å²) in [4.78, 5) is 0. The highest BCUT2D eigenvalue weighted by molar-refractivity contribution is 6.02. The molecule has 0 N–H and O–H groups in total. The van der Waals surface area contributed by atoms with E-state index < -0.39 is 0 Å². The van der Waals surface area contributed by atoms with Crippen molar-refractivity contribution in [2.45, 2.75) is 18.7 Å². The van der Waals surface area contributed by atoms with Gasteiger partial charge in [-0.2, -0.15) is 5.10 Å². The molecule has 0 spiro atoms. The summed E-state index contributed by atoms with van der Waals surface area (Å²) in [6, 6.07) is 20.2. The number of nitrogens with zero attached hydrogens (tertiary/aromatic N) is 2. The SMILES string of the molecule is c1ccc2c(c1)O[C@@H](c1ccc3c(c1)OCO3)N1N=C(c3ccc4c(c3)OCO4)C[C@H]21. The van der Waals surface area contributed by atoms with Gasteiger partial charge in [0.25, 0.3) is 0 Å². The highest BCUT2D eigenvalue weighted by Crippen LogP contribution is 2.49. The maximum Gasteiger partial charge on any atom is 0.231 e. The van der Waals surface area contributed by atoms with Crippen molar-refractivity contribution in [3.05, 3.63) is 77.4 Å². The smallest absolute Gasteiger partial charge is 0.231 e. The summed E-state index contributed by atoms with van der Waals surface area (Å²) in [6.07, 6.45) is 0.419. The molecule has 2 atom stereocenters. The number of benzene rings is 3. The Morgan fingerprint density at radius 2 is 1.48 bits per heavy atom. The number of ether oxygens (including phenoxy) is 5. The number of para-hydroxylation sites is 1. The first kappa shape index (κ1) is 16.9. The molecule has 4 heterocycles. The van der Waals surface area contributed by atoms with E-state index in [2.05, 4.69) is 11.1 Å². The van der Waals surface area contributed by atoms with Crippen LogP contribution in [0.3, 0.4) is 0 Å². The van der Waals surface area contributed by atoms with E-state index in [1.54, 1.807) is 0 Å². The van der Waals surface area contributed by atoms with Gasteiger partial charge in [-0.05, 0) is 42.5 Å². The van der Waals surface area contributed by atoms with E-state index in [-0.39, 0.29) is 25.9 Å². The Morgan fingerprint density at radius 3 is 2.35 bits per heavy atom. The summed E-state index contributed by atoms with van der Waals surface area (Å²) in [5.74, 6) is 3.90. The third kappa shape index (κ3) is 2.56. The molecule has 3 aromatic carbocycles. The van der Waals surface area contributed by atoms with Gasteiger partial charge >= 0.3 is 0 Å². The molecule has 4 aliphatic heterocycles. The van der Waals surface area contributed by atoms with Crippen molar-refractivity contribution >= 4 is 5.71 Å². The van der Waals surface area contributed by atoms with Gasteiger partial charge in [-0.3, -0.25) is 0 Å². The number of rotatable bonds is 2. The van der Waals surface area contributed by atoms with Gasteiger partial charge in [0, 0.05) is 23.1 Å². The Labute approximate surface area is 178 Å². The van der Waals surface area contributed by atoms with Crippen molar-refractivity contribution in [2.75, 3.05) is 13.6 Å². The molecule has 0 saturated carbocycles. The van der Waals surface area contributed by atoms with E-state index in [4.69, 9.17) is 28.8 Å². The van der Waals surface area contributed by atoms with Crippen molar-refractivity contribution in [3.8, 4) is 28.7 Å². The molecule has 0 fully saturated rings. The second-order valence-corrected chi connectivity index (χ2v) is 7.84. The van der Waals surface area contributed by atoms with Crippen LogP contribution in [-0.2, 0) is 0 Å². The number of fused-ring (bicyclic) bond motifs is 5. The van der Waals surface area contributed by atoms with E-state index in [0.29, 0.717) is 0 Å². The molecule has 7 rings (SSSR count). The zero-order valence-corrected chi connectivity index (χ0v) is 16.5. The summed E-state index contributed by atoms with van der Waals surface area (Å²) in [7, 11) is 0. The standard InChI is InChI=1S/C24H18N2O5/c1-2-4-19-16(3-1)18-11-17(14-5-7-20-22(9-14)29-12-27-20)25-26(18)24(31-19)15-6-8-21-23(10-15)30-13-28-21/h1-10,18,24H,11-13H2/t18-,24+/m1/s1. The van der Waals surface area contributed by atoms with Crippen molar-refractivity contribution in [3.63, 3.8) is 0 Å². The molecule has 0 radical (unpaired) electrons. The number of hydrazone groups is 1. The zero-order valence-electron chi connectivity index (χ0n) is 16.5. The third-order valence-electron chi connectivity index (χ3n) is 6.09. The fourth-order valence-corrected chi connectivity index (χ4v) is 4.57. The van der Waals surface area contributed by atoms with Crippen LogP contribution < -0.4 is 23.7 Å². The van der Waals surface area contributed by atoms with Gasteiger partial charge in [0.05, 0.1) is 11.8 Å². The molecule has 0 bridgehead atoms. The zero-order chi connectivity index (χ0) is 20.4. The Kier molecular flexibility index (Phi) is 3.44. The van der Waals surface area contributed by atoms with Crippen molar-refractivity contribution in [2.24, 2.45) is 5.10 Å². The molecule has 154 valence electrons. The highest BCUT2D eigenvalue weighted by atomic mass is 16.7. The Morgan fingerprint density at radius 1 is 0.742 bits per heavy atom. The average molecular weight is 414 g/mol. The first-order chi connectivity index (χ1) is 15.3. The minimum absolute atomic E-state index is 0.0841. The largest absolute Gasteiger partial charge is 0.464 e. The van der Waals surface area contributed by atoms with Crippen LogP contribution in [0.4, 0.5) is 0 Å². The first-order valence-electron chi connectivity index (χ1n) is 10.2. The van der Waals surface area contributed by atoms with Gasteiger partial charge in [0.1, 0.15) is 5.75 Å². The lowest BCUT2D eigenvalue weighted by atomic mass is 9.95. The molecule has 0 unspecified atom stereocenters. The summed E-state index contributed by atoms with van der Waals surface area (Å²) < 4.78 is 28.5. The van der Waals surface area contributed by atoms with E-state index >= 15 is 0 Å². The minimum Gasteiger partial charge on any atom is -0.464 e. The van der Waals surface area contributed by atoms with Gasteiger partial charge in [-0.25, -0.2) is 5.01 Å². The first-order valence-corrected chi connectivity index (χ1v) is 10.2. The monoisotopic (exact) mass is 414 g/mol. The Bertz CT molecular complexity index is 1240. The molecule has 0 aliphatic carbocycles. The third-order valence-corrected chi connectivity index (χ3v) is 6.09. The van der Waals surface area contributed by atoms with Gasteiger partial charge in [-0.1, -0.05) is 18.2 Å². The highest BCUT2D eigenvalue weighted by Gasteiger charge is 2.41. The quantitative estimate of drug-likeness (QED) is 0.620. The fourth-order valence-electron chi connectivity index (χ4n) is 4.57.